The Bertz CT molecular complexity index is 810. The Kier molecular flexibility index (Phi) is 4.83. The number of nitrogens with one attached hydrogen (secondary N) is 1. The van der Waals surface area contributed by atoms with Crippen molar-refractivity contribution in [3.63, 3.8) is 0 Å². The van der Waals surface area contributed by atoms with Gasteiger partial charge in [0.25, 0.3) is 0 Å². The van der Waals surface area contributed by atoms with Crippen molar-refractivity contribution >= 4 is 34.1 Å². The van der Waals surface area contributed by atoms with E-state index in [1.54, 1.807) is 23.9 Å². The molecule has 3 aromatic rings. The molecule has 0 atom stereocenters. The summed E-state index contributed by atoms with van der Waals surface area (Å²) in [7, 11) is 0. The van der Waals surface area contributed by atoms with Gasteiger partial charge >= 0.3 is 0 Å². The van der Waals surface area contributed by atoms with Crippen molar-refractivity contribution in [2.75, 3.05) is 11.1 Å². The Labute approximate surface area is 139 Å². The standard InChI is InChI=1S/C19H17NO2S/c21-15-8-10-16(11-9-15)23-13-12-19(22)20-18-7-3-5-14-4-1-2-6-17(14)18/h1-11,21H,12-13H2,(H,20,22). The van der Waals surface area contributed by atoms with Crippen LogP contribution in [0.5, 0.6) is 5.75 Å². The fourth-order valence-corrected chi connectivity index (χ4v) is 3.20. The molecule has 3 aromatic carbocycles. The highest BCUT2D eigenvalue weighted by molar-refractivity contribution is 7.99. The average Bonchev–Trinajstić information content (AvgIpc) is 2.57. The Morgan fingerprint density at radius 1 is 0.957 bits per heavy atom. The first-order chi connectivity index (χ1) is 11.2. The average molecular weight is 323 g/mol. The SMILES string of the molecule is O=C(CCSc1ccc(O)cc1)Nc1cccc2ccccc12. The largest absolute Gasteiger partial charge is 0.508 e. The van der Waals surface area contributed by atoms with Crippen LogP contribution in [0, 0.1) is 0 Å². The van der Waals surface area contributed by atoms with Gasteiger partial charge in [-0.3, -0.25) is 4.79 Å². The smallest absolute Gasteiger partial charge is 0.225 e. The van der Waals surface area contributed by atoms with Crippen LogP contribution < -0.4 is 5.32 Å². The minimum absolute atomic E-state index is 0.00707. The zero-order valence-corrected chi connectivity index (χ0v) is 13.3. The highest BCUT2D eigenvalue weighted by atomic mass is 32.2. The molecule has 0 aromatic heterocycles. The second-order valence-electron chi connectivity index (χ2n) is 5.17. The van der Waals surface area contributed by atoms with Crippen molar-refractivity contribution in [1.29, 1.82) is 0 Å². The Balaban J connectivity index is 1.57. The molecule has 0 unspecified atom stereocenters. The fourth-order valence-electron chi connectivity index (χ4n) is 2.35. The number of anilines is 1. The van der Waals surface area contributed by atoms with Gasteiger partial charge in [0, 0.05) is 28.1 Å². The fraction of sp³-hybridized carbons (Fsp3) is 0.105. The summed E-state index contributed by atoms with van der Waals surface area (Å²) in [6, 6.07) is 20.9. The third kappa shape index (κ3) is 4.05. The van der Waals surface area contributed by atoms with Gasteiger partial charge < -0.3 is 10.4 Å². The lowest BCUT2D eigenvalue weighted by atomic mass is 10.1. The molecule has 0 spiro atoms. The number of benzene rings is 3. The predicted octanol–water partition coefficient (Wildman–Crippen LogP) is 4.67. The number of amides is 1. The lowest BCUT2D eigenvalue weighted by Crippen LogP contribution is -2.12. The van der Waals surface area contributed by atoms with Crippen LogP contribution in [0.25, 0.3) is 10.8 Å². The molecule has 0 saturated heterocycles. The number of phenols is 1. The van der Waals surface area contributed by atoms with Crippen molar-refractivity contribution < 1.29 is 9.90 Å². The summed E-state index contributed by atoms with van der Waals surface area (Å²) in [5.41, 5.74) is 0.850. The molecular formula is C19H17NO2S. The van der Waals surface area contributed by atoms with Gasteiger partial charge in [-0.15, -0.1) is 11.8 Å². The molecular weight excluding hydrogens is 306 g/mol. The third-order valence-electron chi connectivity index (χ3n) is 3.50. The van der Waals surface area contributed by atoms with Crippen molar-refractivity contribution in [3.05, 3.63) is 66.7 Å². The summed E-state index contributed by atoms with van der Waals surface area (Å²) in [4.78, 5) is 13.2. The van der Waals surface area contributed by atoms with E-state index >= 15 is 0 Å². The van der Waals surface area contributed by atoms with Crippen LogP contribution in [0.4, 0.5) is 5.69 Å². The Hall–Kier alpha value is -2.46. The molecule has 0 heterocycles. The van der Waals surface area contributed by atoms with E-state index in [1.165, 1.54) is 0 Å². The topological polar surface area (TPSA) is 49.3 Å². The molecule has 116 valence electrons. The van der Waals surface area contributed by atoms with E-state index in [-0.39, 0.29) is 11.7 Å². The molecule has 4 heteroatoms. The van der Waals surface area contributed by atoms with Gasteiger partial charge in [0.15, 0.2) is 0 Å². The summed E-state index contributed by atoms with van der Waals surface area (Å²) in [6.45, 7) is 0. The van der Waals surface area contributed by atoms with Gasteiger partial charge in [0.05, 0.1) is 0 Å². The van der Waals surface area contributed by atoms with Crippen LogP contribution >= 0.6 is 11.8 Å². The molecule has 0 aliphatic rings. The number of carbonyl (C=O) groups is 1. The number of aromatic hydroxyl groups is 1. The van der Waals surface area contributed by atoms with Crippen LogP contribution in [-0.2, 0) is 4.79 Å². The van der Waals surface area contributed by atoms with Crippen molar-refractivity contribution in [1.82, 2.24) is 0 Å². The quantitative estimate of drug-likeness (QED) is 0.671. The zero-order valence-electron chi connectivity index (χ0n) is 12.5. The molecule has 0 bridgehead atoms. The van der Waals surface area contributed by atoms with Crippen molar-refractivity contribution in [2.45, 2.75) is 11.3 Å². The number of phenolic OH excluding ortho intramolecular Hbond substituents is 1. The van der Waals surface area contributed by atoms with E-state index in [9.17, 15) is 9.90 Å². The normalized spacial score (nSPS) is 10.6. The number of rotatable bonds is 5. The third-order valence-corrected chi connectivity index (χ3v) is 4.51. The summed E-state index contributed by atoms with van der Waals surface area (Å²) >= 11 is 1.60. The molecule has 0 saturated carbocycles. The highest BCUT2D eigenvalue weighted by Gasteiger charge is 2.06. The van der Waals surface area contributed by atoms with Gasteiger partial charge in [-0.1, -0.05) is 36.4 Å². The van der Waals surface area contributed by atoms with Crippen LogP contribution in [0.15, 0.2) is 71.6 Å². The second-order valence-corrected chi connectivity index (χ2v) is 6.34. The Morgan fingerprint density at radius 2 is 1.70 bits per heavy atom. The predicted molar refractivity (Wildman–Crippen MR) is 96.0 cm³/mol. The molecule has 3 nitrogen and oxygen atoms in total. The van der Waals surface area contributed by atoms with Crippen LogP contribution in [0.1, 0.15) is 6.42 Å². The second kappa shape index (κ2) is 7.20. The zero-order chi connectivity index (χ0) is 16.1. The molecule has 23 heavy (non-hydrogen) atoms. The number of hydrogen-bond acceptors (Lipinski definition) is 3. The summed E-state index contributed by atoms with van der Waals surface area (Å²) in [5.74, 6) is 0.956. The van der Waals surface area contributed by atoms with Gasteiger partial charge in [-0.2, -0.15) is 0 Å². The van der Waals surface area contributed by atoms with E-state index in [4.69, 9.17) is 0 Å². The van der Waals surface area contributed by atoms with E-state index in [0.29, 0.717) is 12.2 Å². The van der Waals surface area contributed by atoms with Crippen LogP contribution in [0.3, 0.4) is 0 Å². The number of fused-ring (bicyclic) bond motifs is 1. The van der Waals surface area contributed by atoms with E-state index in [1.807, 2.05) is 54.6 Å². The maximum atomic E-state index is 12.1. The number of hydrogen-bond donors (Lipinski definition) is 2. The lowest BCUT2D eigenvalue weighted by Gasteiger charge is -2.08. The van der Waals surface area contributed by atoms with Crippen LogP contribution in [-0.4, -0.2) is 16.8 Å². The first kappa shape index (κ1) is 15.4. The van der Waals surface area contributed by atoms with Gasteiger partial charge in [-0.05, 0) is 35.7 Å². The molecule has 1 amide bonds. The first-order valence-electron chi connectivity index (χ1n) is 7.42. The van der Waals surface area contributed by atoms with Crippen LogP contribution in [0.2, 0.25) is 0 Å². The Morgan fingerprint density at radius 3 is 2.52 bits per heavy atom. The van der Waals surface area contributed by atoms with Crippen molar-refractivity contribution in [3.8, 4) is 5.75 Å². The monoisotopic (exact) mass is 323 g/mol. The molecule has 3 rings (SSSR count). The lowest BCUT2D eigenvalue weighted by molar-refractivity contribution is -0.115. The first-order valence-corrected chi connectivity index (χ1v) is 8.40. The molecule has 0 aliphatic carbocycles. The summed E-state index contributed by atoms with van der Waals surface area (Å²) in [6.07, 6.45) is 0.439. The number of carbonyl (C=O) groups excluding carboxylic acids is 1. The number of thioether (sulfide) groups is 1. The molecule has 0 aliphatic heterocycles. The highest BCUT2D eigenvalue weighted by Crippen LogP contribution is 2.24. The van der Waals surface area contributed by atoms with Gasteiger partial charge in [0.1, 0.15) is 5.75 Å². The summed E-state index contributed by atoms with van der Waals surface area (Å²) in [5, 5.41) is 14.4. The molecule has 0 radical (unpaired) electrons. The van der Waals surface area contributed by atoms with Gasteiger partial charge in [-0.25, -0.2) is 0 Å². The minimum Gasteiger partial charge on any atom is -0.508 e. The van der Waals surface area contributed by atoms with Crippen molar-refractivity contribution in [2.24, 2.45) is 0 Å². The minimum atomic E-state index is 0.00707. The molecule has 2 N–H and O–H groups in total. The maximum absolute atomic E-state index is 12.1. The van der Waals surface area contributed by atoms with E-state index in [2.05, 4.69) is 5.32 Å². The van der Waals surface area contributed by atoms with E-state index < -0.39 is 0 Å². The molecule has 0 fully saturated rings. The van der Waals surface area contributed by atoms with E-state index in [0.717, 1.165) is 21.4 Å². The van der Waals surface area contributed by atoms with Gasteiger partial charge in [0.2, 0.25) is 5.91 Å². The maximum Gasteiger partial charge on any atom is 0.225 e. The summed E-state index contributed by atoms with van der Waals surface area (Å²) < 4.78 is 0.